The number of likely N-dealkylation sites (N-methyl/N-ethyl adjacent to an activating group) is 1. The van der Waals surface area contributed by atoms with Crippen LogP contribution in [-0.4, -0.2) is 74.2 Å². The number of nitrogens with one attached hydrogen (secondary N) is 2. The van der Waals surface area contributed by atoms with Crippen molar-refractivity contribution in [2.45, 2.75) is 43.5 Å². The van der Waals surface area contributed by atoms with Crippen LogP contribution in [-0.2, 0) is 27.4 Å². The van der Waals surface area contributed by atoms with E-state index in [1.807, 2.05) is 6.92 Å². The third kappa shape index (κ3) is 8.45. The van der Waals surface area contributed by atoms with Crippen LogP contribution in [0.15, 0.2) is 77.7 Å². The van der Waals surface area contributed by atoms with E-state index >= 15 is 0 Å². The Morgan fingerprint density at radius 2 is 1.73 bits per heavy atom. The van der Waals surface area contributed by atoms with E-state index in [0.29, 0.717) is 11.3 Å². The highest BCUT2D eigenvalue weighted by atomic mass is 32.2. The summed E-state index contributed by atoms with van der Waals surface area (Å²) in [6.45, 7) is 3.48. The summed E-state index contributed by atoms with van der Waals surface area (Å²) in [6, 6.07) is 15.3. The summed E-state index contributed by atoms with van der Waals surface area (Å²) in [5, 5.41) is 12.4. The third-order valence-corrected chi connectivity index (χ3v) is 8.88. The minimum absolute atomic E-state index is 0.0327. The monoisotopic (exact) mass is 648 g/mol. The summed E-state index contributed by atoms with van der Waals surface area (Å²) in [4.78, 5) is 29.3. The molecule has 0 fully saturated rings. The molecular formula is C31H35F3N4O6S. The van der Waals surface area contributed by atoms with Gasteiger partial charge in [0.1, 0.15) is 11.9 Å². The third-order valence-electron chi connectivity index (χ3n) is 7.49. The van der Waals surface area contributed by atoms with E-state index in [9.17, 15) is 36.3 Å². The van der Waals surface area contributed by atoms with Crippen LogP contribution in [0.5, 0.6) is 5.75 Å². The maximum Gasteiger partial charge on any atom is 0.416 e. The Kier molecular flexibility index (Phi) is 10.3. The van der Waals surface area contributed by atoms with E-state index in [2.05, 4.69) is 10.0 Å². The number of sulfonamides is 1. The SMILES string of the molecule is C[C@H]1CN([C@@H](C)CO)C(=O)Cc2cc(NS(=O)(=O)c3ccccc3)ccc2O[C@@H]1CN(C)C(=O)Nc1ccc(C(F)(F)F)cc1. The minimum atomic E-state index is -4.50. The number of rotatable bonds is 8. The molecule has 0 bridgehead atoms. The Bertz CT molecular complexity index is 1600. The number of carbonyl (C=O) groups excluding carboxylic acids is 2. The Balaban J connectivity index is 1.58. The zero-order chi connectivity index (χ0) is 32.9. The van der Waals surface area contributed by atoms with E-state index in [1.165, 1.54) is 41.1 Å². The largest absolute Gasteiger partial charge is 0.488 e. The van der Waals surface area contributed by atoms with Gasteiger partial charge in [0.2, 0.25) is 5.91 Å². The van der Waals surface area contributed by atoms with Crippen molar-refractivity contribution < 1.29 is 41.0 Å². The Morgan fingerprint density at radius 1 is 1.09 bits per heavy atom. The second-order valence-electron chi connectivity index (χ2n) is 11.0. The average Bonchev–Trinajstić information content (AvgIpc) is 3.04. The molecule has 0 unspecified atom stereocenters. The number of ether oxygens (including phenoxy) is 1. The van der Waals surface area contributed by atoms with Crippen LogP contribution in [0.4, 0.5) is 29.3 Å². The molecule has 242 valence electrons. The van der Waals surface area contributed by atoms with Crippen LogP contribution in [0.25, 0.3) is 0 Å². The highest BCUT2D eigenvalue weighted by molar-refractivity contribution is 7.92. The molecule has 0 aromatic heterocycles. The number of fused-ring (bicyclic) bond motifs is 1. The zero-order valence-electron chi connectivity index (χ0n) is 24.9. The lowest BCUT2D eigenvalue weighted by molar-refractivity contribution is -0.137. The number of alkyl halides is 3. The second kappa shape index (κ2) is 13.8. The Labute approximate surface area is 259 Å². The highest BCUT2D eigenvalue weighted by Gasteiger charge is 2.33. The van der Waals surface area contributed by atoms with Crippen molar-refractivity contribution in [3.8, 4) is 5.75 Å². The molecule has 1 aliphatic rings. The smallest absolute Gasteiger partial charge is 0.416 e. The number of urea groups is 1. The molecule has 0 spiro atoms. The van der Waals surface area contributed by atoms with E-state index in [-0.39, 0.29) is 54.2 Å². The molecule has 3 aromatic rings. The number of halogens is 3. The summed E-state index contributed by atoms with van der Waals surface area (Å²) in [5.41, 5.74) is -0.0489. The molecule has 10 nitrogen and oxygen atoms in total. The second-order valence-corrected chi connectivity index (χ2v) is 12.7. The summed E-state index contributed by atoms with van der Waals surface area (Å²) in [6.07, 6.45) is -5.31. The van der Waals surface area contributed by atoms with Crippen molar-refractivity contribution in [2.24, 2.45) is 5.92 Å². The standard InChI is InChI=1S/C31H35F3N4O6S/c1-20-17-38(21(2)19-39)29(40)16-22-15-25(36-45(42,43)26-7-5-4-6-8-26)13-14-27(22)44-28(20)18-37(3)30(41)35-24-11-9-23(10-12-24)31(32,33)34/h4-15,20-21,28,36,39H,16-19H2,1-3H3,(H,35,41)/t20-,21-,28+/m0/s1. The van der Waals surface area contributed by atoms with E-state index in [1.54, 1.807) is 31.2 Å². The fourth-order valence-corrected chi connectivity index (χ4v) is 5.91. The van der Waals surface area contributed by atoms with Crippen molar-refractivity contribution in [3.05, 3.63) is 83.9 Å². The molecule has 0 saturated carbocycles. The number of hydrogen-bond donors (Lipinski definition) is 3. The molecule has 14 heteroatoms. The lowest BCUT2D eigenvalue weighted by Gasteiger charge is -2.34. The number of aliphatic hydroxyl groups is 1. The topological polar surface area (TPSA) is 128 Å². The number of anilines is 2. The molecule has 1 aliphatic heterocycles. The fourth-order valence-electron chi connectivity index (χ4n) is 4.84. The first kappa shape index (κ1) is 33.6. The van der Waals surface area contributed by atoms with Gasteiger partial charge in [0.25, 0.3) is 10.0 Å². The predicted molar refractivity (Wildman–Crippen MR) is 162 cm³/mol. The number of aliphatic hydroxyl groups excluding tert-OH is 1. The minimum Gasteiger partial charge on any atom is -0.488 e. The van der Waals surface area contributed by atoms with Gasteiger partial charge < -0.3 is 25.0 Å². The molecule has 0 radical (unpaired) electrons. The van der Waals surface area contributed by atoms with Gasteiger partial charge in [-0.3, -0.25) is 9.52 Å². The molecule has 0 aliphatic carbocycles. The number of carbonyl (C=O) groups is 2. The van der Waals surface area contributed by atoms with Gasteiger partial charge in [-0.2, -0.15) is 13.2 Å². The Hall–Kier alpha value is -4.30. The van der Waals surface area contributed by atoms with Gasteiger partial charge in [-0.25, -0.2) is 13.2 Å². The van der Waals surface area contributed by atoms with E-state index in [0.717, 1.165) is 24.3 Å². The number of nitrogens with zero attached hydrogens (tertiary/aromatic N) is 2. The summed E-state index contributed by atoms with van der Waals surface area (Å²) in [5.74, 6) is -0.324. The lowest BCUT2D eigenvalue weighted by atomic mass is 10.0. The number of amides is 3. The van der Waals surface area contributed by atoms with Gasteiger partial charge >= 0.3 is 12.2 Å². The molecule has 1 heterocycles. The highest BCUT2D eigenvalue weighted by Crippen LogP contribution is 2.31. The van der Waals surface area contributed by atoms with Crippen LogP contribution in [0.2, 0.25) is 0 Å². The fraction of sp³-hybridized carbons (Fsp3) is 0.355. The molecule has 3 N–H and O–H groups in total. The average molecular weight is 649 g/mol. The summed E-state index contributed by atoms with van der Waals surface area (Å²) in [7, 11) is -2.41. The molecule has 0 saturated heterocycles. The molecule has 3 amide bonds. The van der Waals surface area contributed by atoms with Crippen molar-refractivity contribution in [1.29, 1.82) is 0 Å². The first-order valence-electron chi connectivity index (χ1n) is 14.1. The van der Waals surface area contributed by atoms with Crippen LogP contribution in [0.3, 0.4) is 0 Å². The van der Waals surface area contributed by atoms with Gasteiger partial charge in [-0.15, -0.1) is 0 Å². The van der Waals surface area contributed by atoms with E-state index < -0.39 is 39.9 Å². The first-order chi connectivity index (χ1) is 21.2. The maximum absolute atomic E-state index is 13.4. The van der Waals surface area contributed by atoms with Gasteiger partial charge in [0, 0.05) is 36.4 Å². The van der Waals surface area contributed by atoms with Crippen molar-refractivity contribution in [3.63, 3.8) is 0 Å². The predicted octanol–water partition coefficient (Wildman–Crippen LogP) is 4.82. The molecule has 4 rings (SSSR count). The van der Waals surface area contributed by atoms with Crippen LogP contribution in [0, 0.1) is 5.92 Å². The molecule has 45 heavy (non-hydrogen) atoms. The normalized spacial score (nSPS) is 18.0. The molecular weight excluding hydrogens is 613 g/mol. The summed E-state index contributed by atoms with van der Waals surface area (Å²) < 4.78 is 73.5. The van der Waals surface area contributed by atoms with Crippen LogP contribution >= 0.6 is 0 Å². The van der Waals surface area contributed by atoms with Crippen molar-refractivity contribution >= 4 is 33.3 Å². The number of hydrogen-bond acceptors (Lipinski definition) is 6. The maximum atomic E-state index is 13.4. The first-order valence-corrected chi connectivity index (χ1v) is 15.6. The van der Waals surface area contributed by atoms with E-state index in [4.69, 9.17) is 4.74 Å². The van der Waals surface area contributed by atoms with Gasteiger partial charge in [-0.05, 0) is 61.5 Å². The van der Waals surface area contributed by atoms with Crippen LogP contribution in [0.1, 0.15) is 25.0 Å². The Morgan fingerprint density at radius 3 is 2.36 bits per heavy atom. The van der Waals surface area contributed by atoms with Gasteiger partial charge in [-0.1, -0.05) is 25.1 Å². The number of benzene rings is 3. The molecule has 3 atom stereocenters. The summed E-state index contributed by atoms with van der Waals surface area (Å²) >= 11 is 0. The lowest BCUT2D eigenvalue weighted by Crippen LogP contribution is -2.48. The quantitative estimate of drug-likeness (QED) is 0.322. The van der Waals surface area contributed by atoms with Crippen molar-refractivity contribution in [1.82, 2.24) is 9.80 Å². The van der Waals surface area contributed by atoms with Gasteiger partial charge in [0.05, 0.1) is 36.1 Å². The van der Waals surface area contributed by atoms with Gasteiger partial charge in [0.15, 0.2) is 0 Å². The van der Waals surface area contributed by atoms with Crippen LogP contribution < -0.4 is 14.8 Å². The zero-order valence-corrected chi connectivity index (χ0v) is 25.7. The van der Waals surface area contributed by atoms with Crippen molar-refractivity contribution in [2.75, 3.05) is 36.8 Å². The molecule has 3 aromatic carbocycles.